The number of hydrogen-bond donors (Lipinski definition) is 0. The molecule has 0 fully saturated rings. The van der Waals surface area contributed by atoms with Crippen LogP contribution in [0.3, 0.4) is 0 Å². The Morgan fingerprint density at radius 2 is 0.895 bits per heavy atom. The highest BCUT2D eigenvalue weighted by molar-refractivity contribution is 5.30. The van der Waals surface area contributed by atoms with Crippen LogP contribution in [0, 0.1) is 0 Å². The van der Waals surface area contributed by atoms with Crippen molar-refractivity contribution in [3.63, 3.8) is 0 Å². The molecular formula is C19H32. The van der Waals surface area contributed by atoms with Gasteiger partial charge in [0.05, 0.1) is 0 Å². The van der Waals surface area contributed by atoms with E-state index in [0.29, 0.717) is 0 Å². The van der Waals surface area contributed by atoms with Gasteiger partial charge in [0.25, 0.3) is 0 Å². The van der Waals surface area contributed by atoms with E-state index in [0.717, 1.165) is 0 Å². The van der Waals surface area contributed by atoms with Crippen molar-refractivity contribution in [3.05, 3.63) is 34.9 Å². The van der Waals surface area contributed by atoms with Gasteiger partial charge in [-0.05, 0) is 55.2 Å². The van der Waals surface area contributed by atoms with E-state index in [1.807, 2.05) is 0 Å². The molecule has 0 radical (unpaired) electrons. The molecule has 0 saturated heterocycles. The molecular weight excluding hydrogens is 228 g/mol. The van der Waals surface area contributed by atoms with Crippen LogP contribution in [0.2, 0.25) is 0 Å². The summed E-state index contributed by atoms with van der Waals surface area (Å²) in [6.07, 6.45) is 13.1. The van der Waals surface area contributed by atoms with E-state index in [1.54, 1.807) is 16.7 Å². The quantitative estimate of drug-likeness (QED) is 0.446. The highest BCUT2D eigenvalue weighted by Gasteiger charge is 2.02. The molecule has 0 spiro atoms. The molecule has 0 saturated carbocycles. The normalized spacial score (nSPS) is 10.9. The SMILES string of the molecule is CCCCCc1cc(CCCC)cc(CCCC)c1. The molecule has 1 rings (SSSR count). The summed E-state index contributed by atoms with van der Waals surface area (Å²) in [4.78, 5) is 0. The summed E-state index contributed by atoms with van der Waals surface area (Å²) in [6.45, 7) is 6.84. The van der Waals surface area contributed by atoms with Crippen molar-refractivity contribution >= 4 is 0 Å². The highest BCUT2D eigenvalue weighted by Crippen LogP contribution is 2.17. The molecule has 0 aliphatic rings. The second kappa shape index (κ2) is 10.1. The van der Waals surface area contributed by atoms with Crippen LogP contribution in [0.1, 0.15) is 82.4 Å². The van der Waals surface area contributed by atoms with Gasteiger partial charge in [0.1, 0.15) is 0 Å². The summed E-state index contributed by atoms with van der Waals surface area (Å²) in [7, 11) is 0. The minimum atomic E-state index is 1.26. The molecule has 0 aliphatic heterocycles. The average molecular weight is 260 g/mol. The molecule has 1 aromatic carbocycles. The largest absolute Gasteiger partial charge is 0.0654 e. The molecule has 0 heterocycles. The Hall–Kier alpha value is -0.780. The summed E-state index contributed by atoms with van der Waals surface area (Å²) in [5.41, 5.74) is 4.72. The Morgan fingerprint density at radius 3 is 1.26 bits per heavy atom. The first kappa shape index (κ1) is 16.3. The molecule has 0 amide bonds. The lowest BCUT2D eigenvalue weighted by molar-refractivity contribution is 0.714. The lowest BCUT2D eigenvalue weighted by Gasteiger charge is -2.10. The van der Waals surface area contributed by atoms with Gasteiger partial charge in [0.15, 0.2) is 0 Å². The Bertz CT molecular complexity index is 312. The molecule has 0 aromatic heterocycles. The third-order valence-corrected chi connectivity index (χ3v) is 3.82. The van der Waals surface area contributed by atoms with Crippen LogP contribution < -0.4 is 0 Å². The fourth-order valence-electron chi connectivity index (χ4n) is 2.61. The van der Waals surface area contributed by atoms with Crippen molar-refractivity contribution in [1.82, 2.24) is 0 Å². The van der Waals surface area contributed by atoms with Gasteiger partial charge in [-0.1, -0.05) is 64.7 Å². The third-order valence-electron chi connectivity index (χ3n) is 3.82. The molecule has 0 nitrogen and oxygen atoms in total. The van der Waals surface area contributed by atoms with E-state index in [-0.39, 0.29) is 0 Å². The monoisotopic (exact) mass is 260 g/mol. The molecule has 0 N–H and O–H groups in total. The first-order valence-corrected chi connectivity index (χ1v) is 8.41. The fraction of sp³-hybridized carbons (Fsp3) is 0.684. The number of aryl methyl sites for hydroxylation is 3. The smallest absolute Gasteiger partial charge is 0.0279 e. The Balaban J connectivity index is 2.70. The van der Waals surface area contributed by atoms with Crippen molar-refractivity contribution in [3.8, 4) is 0 Å². The molecule has 0 bridgehead atoms. The zero-order chi connectivity index (χ0) is 13.9. The molecule has 0 heteroatoms. The van der Waals surface area contributed by atoms with E-state index >= 15 is 0 Å². The van der Waals surface area contributed by atoms with Gasteiger partial charge in [0, 0.05) is 0 Å². The first-order chi connectivity index (χ1) is 9.30. The van der Waals surface area contributed by atoms with Crippen LogP contribution >= 0.6 is 0 Å². The number of unbranched alkanes of at least 4 members (excludes halogenated alkanes) is 4. The van der Waals surface area contributed by atoms with Crippen molar-refractivity contribution in [2.75, 3.05) is 0 Å². The maximum atomic E-state index is 2.46. The maximum absolute atomic E-state index is 2.46. The Labute approximate surface area is 120 Å². The van der Waals surface area contributed by atoms with Crippen molar-refractivity contribution in [1.29, 1.82) is 0 Å². The van der Waals surface area contributed by atoms with Gasteiger partial charge in [-0.15, -0.1) is 0 Å². The zero-order valence-electron chi connectivity index (χ0n) is 13.3. The zero-order valence-corrected chi connectivity index (χ0v) is 13.3. The van der Waals surface area contributed by atoms with Gasteiger partial charge >= 0.3 is 0 Å². The summed E-state index contributed by atoms with van der Waals surface area (Å²) in [6, 6.07) is 7.37. The molecule has 1 aromatic rings. The topological polar surface area (TPSA) is 0 Å². The van der Waals surface area contributed by atoms with Crippen molar-refractivity contribution < 1.29 is 0 Å². The molecule has 0 aliphatic carbocycles. The predicted molar refractivity (Wildman–Crippen MR) is 86.9 cm³/mol. The average Bonchev–Trinajstić information content (AvgIpc) is 2.43. The number of rotatable bonds is 10. The number of hydrogen-bond acceptors (Lipinski definition) is 0. The summed E-state index contributed by atoms with van der Waals surface area (Å²) in [5.74, 6) is 0. The van der Waals surface area contributed by atoms with Crippen LogP contribution in [-0.4, -0.2) is 0 Å². The van der Waals surface area contributed by atoms with E-state index in [1.165, 1.54) is 64.2 Å². The lowest BCUT2D eigenvalue weighted by Crippen LogP contribution is -1.95. The van der Waals surface area contributed by atoms with E-state index in [4.69, 9.17) is 0 Å². The van der Waals surface area contributed by atoms with Crippen molar-refractivity contribution in [2.45, 2.75) is 85.0 Å². The van der Waals surface area contributed by atoms with Crippen LogP contribution in [0.4, 0.5) is 0 Å². The molecule has 108 valence electrons. The van der Waals surface area contributed by atoms with E-state index in [2.05, 4.69) is 39.0 Å². The first-order valence-electron chi connectivity index (χ1n) is 8.41. The van der Waals surface area contributed by atoms with Crippen LogP contribution in [0.25, 0.3) is 0 Å². The molecule has 19 heavy (non-hydrogen) atoms. The number of benzene rings is 1. The van der Waals surface area contributed by atoms with Crippen molar-refractivity contribution in [2.24, 2.45) is 0 Å². The fourth-order valence-corrected chi connectivity index (χ4v) is 2.61. The predicted octanol–water partition coefficient (Wildman–Crippen LogP) is 6.10. The maximum Gasteiger partial charge on any atom is -0.0279 e. The third kappa shape index (κ3) is 6.80. The minimum absolute atomic E-state index is 1.26. The summed E-state index contributed by atoms with van der Waals surface area (Å²) < 4.78 is 0. The highest BCUT2D eigenvalue weighted by atomic mass is 14.1. The molecule has 0 unspecified atom stereocenters. The standard InChI is InChI=1S/C19H32/c1-4-7-10-13-19-15-17(11-8-5-2)14-18(16-19)12-9-6-3/h14-16H,4-13H2,1-3H3. The van der Waals surface area contributed by atoms with Crippen LogP contribution in [0.15, 0.2) is 18.2 Å². The van der Waals surface area contributed by atoms with E-state index < -0.39 is 0 Å². The summed E-state index contributed by atoms with van der Waals surface area (Å²) in [5, 5.41) is 0. The molecule has 0 atom stereocenters. The second-order valence-corrected chi connectivity index (χ2v) is 5.82. The summed E-state index contributed by atoms with van der Waals surface area (Å²) >= 11 is 0. The minimum Gasteiger partial charge on any atom is -0.0654 e. The van der Waals surface area contributed by atoms with Gasteiger partial charge in [-0.3, -0.25) is 0 Å². The van der Waals surface area contributed by atoms with Gasteiger partial charge in [0.2, 0.25) is 0 Å². The Morgan fingerprint density at radius 1 is 0.526 bits per heavy atom. The lowest BCUT2D eigenvalue weighted by atomic mass is 9.96. The second-order valence-electron chi connectivity index (χ2n) is 5.82. The van der Waals surface area contributed by atoms with Crippen LogP contribution in [-0.2, 0) is 19.3 Å². The van der Waals surface area contributed by atoms with E-state index in [9.17, 15) is 0 Å². The van der Waals surface area contributed by atoms with Gasteiger partial charge < -0.3 is 0 Å². The van der Waals surface area contributed by atoms with Gasteiger partial charge in [-0.2, -0.15) is 0 Å². The van der Waals surface area contributed by atoms with Crippen LogP contribution in [0.5, 0.6) is 0 Å². The van der Waals surface area contributed by atoms with Gasteiger partial charge in [-0.25, -0.2) is 0 Å². The Kier molecular flexibility index (Phi) is 8.62.